The molecule has 0 radical (unpaired) electrons. The zero-order chi connectivity index (χ0) is 13.7. The molecule has 2 rings (SSSR count). The molecule has 102 valence electrons. The number of ether oxygens (including phenoxy) is 1. The predicted octanol–water partition coefficient (Wildman–Crippen LogP) is -0.914. The highest BCUT2D eigenvalue weighted by Gasteiger charge is 2.27. The van der Waals surface area contributed by atoms with Gasteiger partial charge in [-0.25, -0.2) is 0 Å². The monoisotopic (exact) mass is 264 g/mol. The van der Waals surface area contributed by atoms with Crippen molar-refractivity contribution in [1.82, 2.24) is 5.32 Å². The van der Waals surface area contributed by atoms with Crippen molar-refractivity contribution in [3.63, 3.8) is 0 Å². The van der Waals surface area contributed by atoms with Gasteiger partial charge in [-0.2, -0.15) is 0 Å². The molecule has 0 bridgehead atoms. The minimum absolute atomic E-state index is 0.0768. The van der Waals surface area contributed by atoms with Gasteiger partial charge in [0.2, 0.25) is 5.91 Å². The van der Waals surface area contributed by atoms with Crippen LogP contribution in [0.2, 0.25) is 0 Å². The highest BCUT2D eigenvalue weighted by atomic mass is 16.5. The van der Waals surface area contributed by atoms with Crippen LogP contribution in [0.5, 0.6) is 5.75 Å². The van der Waals surface area contributed by atoms with Gasteiger partial charge in [0.25, 0.3) is 5.91 Å². The Labute approximate surface area is 111 Å². The molecule has 1 aliphatic heterocycles. The fourth-order valence-corrected chi connectivity index (χ4v) is 2.01. The van der Waals surface area contributed by atoms with Crippen molar-refractivity contribution in [3.8, 4) is 5.75 Å². The molecule has 1 saturated heterocycles. The van der Waals surface area contributed by atoms with Crippen molar-refractivity contribution < 1.29 is 19.6 Å². The second-order valence-corrected chi connectivity index (χ2v) is 4.41. The van der Waals surface area contributed by atoms with Crippen molar-refractivity contribution in [3.05, 3.63) is 24.3 Å². The van der Waals surface area contributed by atoms with Gasteiger partial charge in [0, 0.05) is 11.8 Å². The molecule has 0 saturated carbocycles. The third kappa shape index (κ3) is 3.69. The summed E-state index contributed by atoms with van der Waals surface area (Å²) in [6, 6.07) is 6.79. The van der Waals surface area contributed by atoms with Crippen LogP contribution < -0.4 is 20.7 Å². The number of methoxy groups -OCH3 is 1. The first-order valence-electron chi connectivity index (χ1n) is 6.24. The number of benzene rings is 1. The summed E-state index contributed by atoms with van der Waals surface area (Å²) in [5.74, 6) is 0.429. The highest BCUT2D eigenvalue weighted by Crippen LogP contribution is 2.16. The molecule has 1 fully saturated rings. The first kappa shape index (κ1) is 13.4. The fourth-order valence-electron chi connectivity index (χ4n) is 2.01. The van der Waals surface area contributed by atoms with E-state index in [0.717, 1.165) is 6.54 Å². The normalized spacial score (nSPS) is 18.6. The lowest BCUT2D eigenvalue weighted by Crippen LogP contribution is -2.96. The average molecular weight is 264 g/mol. The van der Waals surface area contributed by atoms with E-state index in [1.54, 1.807) is 31.4 Å². The highest BCUT2D eigenvalue weighted by molar-refractivity contribution is 5.95. The summed E-state index contributed by atoms with van der Waals surface area (Å²) >= 11 is 0. The molecule has 1 atom stereocenters. The number of piperazine rings is 1. The van der Waals surface area contributed by atoms with E-state index in [4.69, 9.17) is 4.74 Å². The summed E-state index contributed by atoms with van der Waals surface area (Å²) in [5.41, 5.74) is 0.667. The van der Waals surface area contributed by atoms with Crippen LogP contribution >= 0.6 is 0 Å². The summed E-state index contributed by atoms with van der Waals surface area (Å²) in [6.07, 6.45) is 0.170. The second kappa shape index (κ2) is 6.19. The molecule has 0 unspecified atom stereocenters. The summed E-state index contributed by atoms with van der Waals surface area (Å²) in [5, 5.41) is 7.41. The van der Waals surface area contributed by atoms with Crippen LogP contribution in [0, 0.1) is 0 Å². The van der Waals surface area contributed by atoms with Gasteiger partial charge in [0.05, 0.1) is 26.6 Å². The quantitative estimate of drug-likeness (QED) is 0.658. The first-order chi connectivity index (χ1) is 9.19. The number of anilines is 1. The van der Waals surface area contributed by atoms with Crippen LogP contribution in [-0.2, 0) is 9.59 Å². The predicted molar refractivity (Wildman–Crippen MR) is 69.8 cm³/mol. The largest absolute Gasteiger partial charge is 0.497 e. The molecular weight excluding hydrogens is 246 g/mol. The van der Waals surface area contributed by atoms with Crippen LogP contribution in [0.4, 0.5) is 5.69 Å². The van der Waals surface area contributed by atoms with E-state index in [1.165, 1.54) is 0 Å². The Hall–Kier alpha value is -2.08. The molecule has 4 N–H and O–H groups in total. The first-order valence-corrected chi connectivity index (χ1v) is 6.24. The average Bonchev–Trinajstić information content (AvgIpc) is 2.41. The molecule has 1 aliphatic rings. The van der Waals surface area contributed by atoms with E-state index < -0.39 is 0 Å². The molecule has 6 heteroatoms. The molecule has 0 aromatic heterocycles. The fraction of sp³-hybridized carbons (Fsp3) is 0.385. The van der Waals surface area contributed by atoms with Crippen LogP contribution in [0.3, 0.4) is 0 Å². The smallest absolute Gasteiger partial charge is 0.278 e. The molecular formula is C13H18N3O3+. The summed E-state index contributed by atoms with van der Waals surface area (Å²) in [6.45, 7) is 1.47. The number of hydrogen-bond donors (Lipinski definition) is 3. The van der Waals surface area contributed by atoms with E-state index in [1.807, 2.05) is 5.32 Å². The van der Waals surface area contributed by atoms with E-state index in [2.05, 4.69) is 10.6 Å². The van der Waals surface area contributed by atoms with Gasteiger partial charge in [-0.05, 0) is 12.1 Å². The maximum Gasteiger partial charge on any atom is 0.278 e. The molecule has 1 aromatic rings. The second-order valence-electron chi connectivity index (χ2n) is 4.41. The number of nitrogens with one attached hydrogen (secondary N) is 2. The SMILES string of the molecule is COc1cccc(NC(=O)C[C@@H]2[NH2+]CCNC2=O)c1. The molecule has 1 aromatic carbocycles. The number of nitrogens with two attached hydrogens (primary N) is 1. The van der Waals surface area contributed by atoms with Crippen LogP contribution in [-0.4, -0.2) is 38.1 Å². The lowest BCUT2D eigenvalue weighted by molar-refractivity contribution is -0.678. The lowest BCUT2D eigenvalue weighted by atomic mass is 10.1. The van der Waals surface area contributed by atoms with E-state index in [-0.39, 0.29) is 24.3 Å². The third-order valence-corrected chi connectivity index (χ3v) is 2.99. The summed E-state index contributed by atoms with van der Waals surface area (Å²) in [7, 11) is 1.57. The van der Waals surface area contributed by atoms with Gasteiger partial charge < -0.3 is 20.7 Å². The minimum Gasteiger partial charge on any atom is -0.497 e. The Kier molecular flexibility index (Phi) is 4.35. The third-order valence-electron chi connectivity index (χ3n) is 2.99. The lowest BCUT2D eigenvalue weighted by Gasteiger charge is -2.19. The van der Waals surface area contributed by atoms with Gasteiger partial charge in [-0.15, -0.1) is 0 Å². The Morgan fingerprint density at radius 1 is 1.58 bits per heavy atom. The molecule has 1 heterocycles. The Bertz CT molecular complexity index is 476. The molecule has 2 amide bonds. The summed E-state index contributed by atoms with van der Waals surface area (Å²) in [4.78, 5) is 23.4. The number of rotatable bonds is 4. The standard InChI is InChI=1S/C13H17N3O3/c1-19-10-4-2-3-9(7-10)16-12(17)8-11-13(18)15-6-5-14-11/h2-4,7,11,14H,5-6,8H2,1H3,(H,15,18)(H,16,17)/p+1/t11-/m0/s1. The van der Waals surface area contributed by atoms with Crippen LogP contribution in [0.1, 0.15) is 6.42 Å². The Morgan fingerprint density at radius 2 is 2.42 bits per heavy atom. The molecule has 0 spiro atoms. The van der Waals surface area contributed by atoms with Gasteiger partial charge in [-0.3, -0.25) is 9.59 Å². The zero-order valence-corrected chi connectivity index (χ0v) is 10.8. The zero-order valence-electron chi connectivity index (χ0n) is 10.8. The van der Waals surface area contributed by atoms with Crippen molar-refractivity contribution in [2.24, 2.45) is 0 Å². The van der Waals surface area contributed by atoms with Crippen LogP contribution in [0.25, 0.3) is 0 Å². The Balaban J connectivity index is 1.91. The van der Waals surface area contributed by atoms with Gasteiger partial charge in [0.15, 0.2) is 6.04 Å². The van der Waals surface area contributed by atoms with Crippen molar-refractivity contribution in [1.29, 1.82) is 0 Å². The number of hydrogen-bond acceptors (Lipinski definition) is 3. The number of amides is 2. The van der Waals surface area contributed by atoms with E-state index >= 15 is 0 Å². The topological polar surface area (TPSA) is 84.0 Å². The van der Waals surface area contributed by atoms with Gasteiger partial charge >= 0.3 is 0 Å². The van der Waals surface area contributed by atoms with Gasteiger partial charge in [-0.1, -0.05) is 6.07 Å². The number of quaternary nitrogens is 1. The van der Waals surface area contributed by atoms with Crippen molar-refractivity contribution in [2.45, 2.75) is 12.5 Å². The minimum atomic E-state index is -0.334. The van der Waals surface area contributed by atoms with Crippen LogP contribution in [0.15, 0.2) is 24.3 Å². The number of carbonyl (C=O) groups excluding carboxylic acids is 2. The van der Waals surface area contributed by atoms with Crippen molar-refractivity contribution >= 4 is 17.5 Å². The van der Waals surface area contributed by atoms with E-state index in [0.29, 0.717) is 18.0 Å². The molecule has 6 nitrogen and oxygen atoms in total. The molecule has 19 heavy (non-hydrogen) atoms. The maximum atomic E-state index is 11.9. The van der Waals surface area contributed by atoms with E-state index in [9.17, 15) is 9.59 Å². The maximum absolute atomic E-state index is 11.9. The summed E-state index contributed by atoms with van der Waals surface area (Å²) < 4.78 is 5.08. The number of carbonyl (C=O) groups is 2. The Morgan fingerprint density at radius 3 is 3.16 bits per heavy atom. The van der Waals surface area contributed by atoms with Crippen molar-refractivity contribution in [2.75, 3.05) is 25.5 Å². The van der Waals surface area contributed by atoms with Gasteiger partial charge in [0.1, 0.15) is 5.75 Å². The molecule has 0 aliphatic carbocycles.